The van der Waals surface area contributed by atoms with Crippen LogP contribution in [-0.4, -0.2) is 32.5 Å². The molecule has 0 spiro atoms. The van der Waals surface area contributed by atoms with Gasteiger partial charge in [0.2, 0.25) is 10.9 Å². The Morgan fingerprint density at radius 2 is 2.19 bits per heavy atom. The first-order chi connectivity index (χ1) is 7.62. The van der Waals surface area contributed by atoms with Gasteiger partial charge in [0.25, 0.3) is 0 Å². The monoisotopic (exact) mass is 240 g/mol. The Labute approximate surface area is 99.1 Å². The van der Waals surface area contributed by atoms with Crippen LogP contribution in [0.5, 0.6) is 0 Å². The van der Waals surface area contributed by atoms with Gasteiger partial charge in [-0.3, -0.25) is 5.32 Å². The first-order valence-electron chi connectivity index (χ1n) is 4.86. The molecule has 1 heterocycles. The maximum atomic E-state index is 9.03. The Balaban J connectivity index is 2.71. The standard InChI is InChI=1S/C9H13ClN6/c1-3-15-9(10,4-11)7(2)16-8-13-5-12-6-14-8/h5-7,15H,3H2,1-2H3,(H,12,13,14,16). The Bertz CT molecular complexity index is 364. The molecule has 0 aromatic carbocycles. The van der Waals surface area contributed by atoms with Crippen LogP contribution in [-0.2, 0) is 0 Å². The number of rotatable bonds is 5. The fraction of sp³-hybridized carbons (Fsp3) is 0.556. The molecule has 2 unspecified atom stereocenters. The van der Waals surface area contributed by atoms with Crippen molar-refractivity contribution in [2.75, 3.05) is 11.9 Å². The van der Waals surface area contributed by atoms with E-state index in [1.807, 2.05) is 13.0 Å². The van der Waals surface area contributed by atoms with Crippen LogP contribution in [0.4, 0.5) is 5.95 Å². The van der Waals surface area contributed by atoms with Crippen molar-refractivity contribution in [1.29, 1.82) is 5.26 Å². The number of hydrogen-bond acceptors (Lipinski definition) is 6. The summed E-state index contributed by atoms with van der Waals surface area (Å²) in [4.78, 5) is 10.3. The largest absolute Gasteiger partial charge is 0.347 e. The number of halogens is 1. The average Bonchev–Trinajstić information content (AvgIpc) is 2.30. The summed E-state index contributed by atoms with van der Waals surface area (Å²) in [6, 6.07) is 1.67. The van der Waals surface area contributed by atoms with Gasteiger partial charge >= 0.3 is 0 Å². The van der Waals surface area contributed by atoms with Gasteiger partial charge in [0, 0.05) is 0 Å². The van der Waals surface area contributed by atoms with E-state index in [0.717, 1.165) is 0 Å². The Morgan fingerprint density at radius 1 is 1.56 bits per heavy atom. The summed E-state index contributed by atoms with van der Waals surface area (Å²) in [5.41, 5.74) is 0. The van der Waals surface area contributed by atoms with Crippen LogP contribution in [0.2, 0.25) is 0 Å². The van der Waals surface area contributed by atoms with Gasteiger partial charge in [0.1, 0.15) is 18.7 Å². The van der Waals surface area contributed by atoms with E-state index in [-0.39, 0.29) is 6.04 Å². The van der Waals surface area contributed by atoms with E-state index in [1.54, 1.807) is 6.92 Å². The molecule has 1 aromatic rings. The number of alkyl halides is 1. The molecule has 0 saturated carbocycles. The first-order valence-corrected chi connectivity index (χ1v) is 5.24. The zero-order valence-electron chi connectivity index (χ0n) is 9.11. The van der Waals surface area contributed by atoms with Crippen LogP contribution in [0.25, 0.3) is 0 Å². The third-order valence-corrected chi connectivity index (χ3v) is 2.58. The minimum absolute atomic E-state index is 0.346. The lowest BCUT2D eigenvalue weighted by Gasteiger charge is -2.27. The molecule has 6 nitrogen and oxygen atoms in total. The SMILES string of the molecule is CCNC(Cl)(C#N)C(C)Nc1ncncn1. The fourth-order valence-corrected chi connectivity index (χ4v) is 1.34. The van der Waals surface area contributed by atoms with Crippen molar-refractivity contribution < 1.29 is 0 Å². The minimum atomic E-state index is -1.18. The second kappa shape index (κ2) is 5.58. The fourth-order valence-electron chi connectivity index (χ4n) is 1.15. The Kier molecular flexibility index (Phi) is 4.40. The van der Waals surface area contributed by atoms with Gasteiger partial charge in [-0.05, 0) is 13.5 Å². The maximum Gasteiger partial charge on any atom is 0.225 e. The first kappa shape index (κ1) is 12.6. The van der Waals surface area contributed by atoms with Crippen LogP contribution >= 0.6 is 11.6 Å². The van der Waals surface area contributed by atoms with Crippen molar-refractivity contribution >= 4 is 17.5 Å². The smallest absolute Gasteiger partial charge is 0.225 e. The van der Waals surface area contributed by atoms with Crippen LogP contribution < -0.4 is 10.6 Å². The molecule has 2 N–H and O–H groups in total. The molecule has 0 radical (unpaired) electrons. The third kappa shape index (κ3) is 3.02. The average molecular weight is 241 g/mol. The summed E-state index contributed by atoms with van der Waals surface area (Å²) in [5.74, 6) is 0.390. The topological polar surface area (TPSA) is 86.5 Å². The second-order valence-corrected chi connectivity index (χ2v) is 3.78. The van der Waals surface area contributed by atoms with Crippen LogP contribution in [0.3, 0.4) is 0 Å². The van der Waals surface area contributed by atoms with Crippen molar-refractivity contribution in [3.05, 3.63) is 12.7 Å². The summed E-state index contributed by atoms with van der Waals surface area (Å²) in [7, 11) is 0. The van der Waals surface area contributed by atoms with Crippen LogP contribution in [0.1, 0.15) is 13.8 Å². The van der Waals surface area contributed by atoms with Crippen molar-refractivity contribution in [1.82, 2.24) is 20.3 Å². The molecule has 1 aromatic heterocycles. The molecule has 0 aliphatic rings. The van der Waals surface area contributed by atoms with Crippen molar-refractivity contribution in [3.63, 3.8) is 0 Å². The number of nitrogens with zero attached hydrogens (tertiary/aromatic N) is 4. The third-order valence-electron chi connectivity index (χ3n) is 2.03. The van der Waals surface area contributed by atoms with E-state index < -0.39 is 5.00 Å². The molecule has 16 heavy (non-hydrogen) atoms. The summed E-state index contributed by atoms with van der Waals surface area (Å²) < 4.78 is 0. The molecule has 0 amide bonds. The number of anilines is 1. The van der Waals surface area contributed by atoms with E-state index >= 15 is 0 Å². The molecule has 0 aliphatic carbocycles. The van der Waals surface area contributed by atoms with Crippen LogP contribution in [0.15, 0.2) is 12.7 Å². The Hall–Kier alpha value is -1.45. The van der Waals surface area contributed by atoms with E-state index in [0.29, 0.717) is 12.5 Å². The highest BCUT2D eigenvalue weighted by atomic mass is 35.5. The van der Waals surface area contributed by atoms with Gasteiger partial charge in [-0.1, -0.05) is 18.5 Å². The summed E-state index contributed by atoms with van der Waals surface area (Å²) >= 11 is 6.12. The molecule has 0 aliphatic heterocycles. The second-order valence-electron chi connectivity index (χ2n) is 3.18. The highest BCUT2D eigenvalue weighted by Crippen LogP contribution is 2.17. The molecule has 86 valence electrons. The highest BCUT2D eigenvalue weighted by molar-refractivity contribution is 6.26. The molecule has 0 saturated heterocycles. The molecule has 2 atom stereocenters. The molecule has 1 rings (SSSR count). The minimum Gasteiger partial charge on any atom is -0.347 e. The van der Waals surface area contributed by atoms with Gasteiger partial charge in [-0.25, -0.2) is 15.0 Å². The number of nitriles is 1. The number of hydrogen-bond donors (Lipinski definition) is 2. The summed E-state index contributed by atoms with van der Waals surface area (Å²) in [6.45, 7) is 4.26. The number of likely N-dealkylation sites (N-methyl/N-ethyl adjacent to an activating group) is 1. The van der Waals surface area contributed by atoms with E-state index in [1.165, 1.54) is 12.7 Å². The van der Waals surface area contributed by atoms with Crippen molar-refractivity contribution in [2.24, 2.45) is 0 Å². The molecular formula is C9H13ClN6. The zero-order valence-corrected chi connectivity index (χ0v) is 9.86. The van der Waals surface area contributed by atoms with Gasteiger partial charge < -0.3 is 5.32 Å². The quantitative estimate of drug-likeness (QED) is 0.583. The van der Waals surface area contributed by atoms with Gasteiger partial charge in [0.15, 0.2) is 0 Å². The summed E-state index contributed by atoms with van der Waals surface area (Å²) in [5, 5.41) is 14.9. The van der Waals surface area contributed by atoms with Gasteiger partial charge in [0.05, 0.1) is 6.04 Å². The van der Waals surface area contributed by atoms with Gasteiger partial charge in [-0.15, -0.1) is 0 Å². The van der Waals surface area contributed by atoms with Crippen molar-refractivity contribution in [2.45, 2.75) is 24.9 Å². The summed E-state index contributed by atoms with van der Waals surface area (Å²) in [6.07, 6.45) is 2.75. The molecule has 7 heteroatoms. The lowest BCUT2D eigenvalue weighted by atomic mass is 10.1. The molecular weight excluding hydrogens is 228 g/mol. The van der Waals surface area contributed by atoms with Crippen LogP contribution in [0, 0.1) is 11.3 Å². The predicted octanol–water partition coefficient (Wildman–Crippen LogP) is 0.740. The van der Waals surface area contributed by atoms with E-state index in [9.17, 15) is 0 Å². The lowest BCUT2D eigenvalue weighted by molar-refractivity contribution is 0.508. The van der Waals surface area contributed by atoms with E-state index in [2.05, 4.69) is 25.6 Å². The maximum absolute atomic E-state index is 9.03. The zero-order chi connectivity index (χ0) is 12.0. The normalized spacial score (nSPS) is 15.9. The number of aromatic nitrogens is 3. The van der Waals surface area contributed by atoms with Gasteiger partial charge in [-0.2, -0.15) is 5.26 Å². The number of nitrogens with one attached hydrogen (secondary N) is 2. The predicted molar refractivity (Wildman–Crippen MR) is 60.8 cm³/mol. The van der Waals surface area contributed by atoms with Crippen molar-refractivity contribution in [3.8, 4) is 6.07 Å². The molecule has 0 fully saturated rings. The lowest BCUT2D eigenvalue weighted by Crippen LogP contribution is -2.50. The molecule has 0 bridgehead atoms. The van der Waals surface area contributed by atoms with E-state index in [4.69, 9.17) is 16.9 Å². The highest BCUT2D eigenvalue weighted by Gasteiger charge is 2.33. The Morgan fingerprint density at radius 3 is 2.69 bits per heavy atom.